The largest absolute Gasteiger partial charge is 0.497 e. The van der Waals surface area contributed by atoms with Gasteiger partial charge < -0.3 is 10.5 Å². The van der Waals surface area contributed by atoms with Gasteiger partial charge in [-0.2, -0.15) is 0 Å². The van der Waals surface area contributed by atoms with Gasteiger partial charge in [0.25, 0.3) is 0 Å². The van der Waals surface area contributed by atoms with Gasteiger partial charge in [-0.25, -0.2) is 0 Å². The van der Waals surface area contributed by atoms with Gasteiger partial charge >= 0.3 is 0 Å². The molecule has 0 spiro atoms. The predicted molar refractivity (Wildman–Crippen MR) is 77.0 cm³/mol. The molecule has 0 aromatic heterocycles. The average molecular weight is 241 g/mol. The third-order valence-electron chi connectivity index (χ3n) is 3.25. The van der Waals surface area contributed by atoms with Crippen molar-refractivity contribution >= 4 is 10.8 Å². The molecule has 2 aromatic rings. The van der Waals surface area contributed by atoms with Crippen LogP contribution in [0.3, 0.4) is 0 Å². The molecule has 0 aliphatic rings. The quantitative estimate of drug-likeness (QED) is 0.834. The SMILES string of the molecule is C=C(C)C(N)Cc1cccc2ccc(OC)cc12. The van der Waals surface area contributed by atoms with Crippen molar-refractivity contribution in [2.75, 3.05) is 7.11 Å². The lowest BCUT2D eigenvalue weighted by Gasteiger charge is -2.14. The lowest BCUT2D eigenvalue weighted by atomic mass is 9.96. The van der Waals surface area contributed by atoms with E-state index in [0.717, 1.165) is 17.7 Å². The molecule has 2 heteroatoms. The van der Waals surface area contributed by atoms with Gasteiger partial charge in [0.05, 0.1) is 7.11 Å². The minimum atomic E-state index is 0.00167. The fourth-order valence-corrected chi connectivity index (χ4v) is 2.03. The van der Waals surface area contributed by atoms with E-state index in [-0.39, 0.29) is 6.04 Å². The Morgan fingerprint density at radius 1 is 1.33 bits per heavy atom. The summed E-state index contributed by atoms with van der Waals surface area (Å²) >= 11 is 0. The van der Waals surface area contributed by atoms with Gasteiger partial charge in [0, 0.05) is 6.04 Å². The van der Waals surface area contributed by atoms with Gasteiger partial charge in [0.1, 0.15) is 5.75 Å². The topological polar surface area (TPSA) is 35.2 Å². The van der Waals surface area contributed by atoms with Crippen LogP contribution in [-0.2, 0) is 6.42 Å². The fraction of sp³-hybridized carbons (Fsp3) is 0.250. The van der Waals surface area contributed by atoms with Crippen LogP contribution in [0.2, 0.25) is 0 Å². The Bertz CT molecular complexity index is 574. The first-order chi connectivity index (χ1) is 8.61. The first kappa shape index (κ1) is 12.7. The van der Waals surface area contributed by atoms with Crippen LogP contribution in [0.1, 0.15) is 12.5 Å². The third kappa shape index (κ3) is 2.54. The van der Waals surface area contributed by atoms with Crippen LogP contribution in [0.5, 0.6) is 5.75 Å². The van der Waals surface area contributed by atoms with Gasteiger partial charge in [0.15, 0.2) is 0 Å². The van der Waals surface area contributed by atoms with Crippen molar-refractivity contribution in [1.82, 2.24) is 0 Å². The molecule has 2 nitrogen and oxygen atoms in total. The first-order valence-corrected chi connectivity index (χ1v) is 6.08. The summed E-state index contributed by atoms with van der Waals surface area (Å²) in [4.78, 5) is 0. The van der Waals surface area contributed by atoms with Crippen LogP contribution in [-0.4, -0.2) is 13.2 Å². The van der Waals surface area contributed by atoms with E-state index in [9.17, 15) is 0 Å². The number of fused-ring (bicyclic) bond motifs is 1. The monoisotopic (exact) mass is 241 g/mol. The number of hydrogen-bond donors (Lipinski definition) is 1. The van der Waals surface area contributed by atoms with Gasteiger partial charge in [-0.15, -0.1) is 0 Å². The fourth-order valence-electron chi connectivity index (χ4n) is 2.03. The molecule has 0 amide bonds. The minimum absolute atomic E-state index is 0.00167. The van der Waals surface area contributed by atoms with Crippen molar-refractivity contribution < 1.29 is 4.74 Å². The van der Waals surface area contributed by atoms with Crippen LogP contribution in [0.25, 0.3) is 10.8 Å². The maximum absolute atomic E-state index is 6.08. The van der Waals surface area contributed by atoms with Crippen LogP contribution >= 0.6 is 0 Å². The smallest absolute Gasteiger partial charge is 0.119 e. The van der Waals surface area contributed by atoms with Crippen LogP contribution in [0.15, 0.2) is 48.6 Å². The van der Waals surface area contributed by atoms with Crippen molar-refractivity contribution in [2.24, 2.45) is 5.73 Å². The lowest BCUT2D eigenvalue weighted by Crippen LogP contribution is -2.23. The van der Waals surface area contributed by atoms with Gasteiger partial charge in [-0.05, 0) is 41.8 Å². The second-order valence-corrected chi connectivity index (χ2v) is 4.66. The van der Waals surface area contributed by atoms with E-state index >= 15 is 0 Å². The van der Waals surface area contributed by atoms with Gasteiger partial charge in [-0.3, -0.25) is 0 Å². The van der Waals surface area contributed by atoms with Crippen molar-refractivity contribution in [2.45, 2.75) is 19.4 Å². The third-order valence-corrected chi connectivity index (χ3v) is 3.25. The summed E-state index contributed by atoms with van der Waals surface area (Å²) in [6, 6.07) is 12.4. The highest BCUT2D eigenvalue weighted by atomic mass is 16.5. The Hall–Kier alpha value is -1.80. The highest BCUT2D eigenvalue weighted by molar-refractivity contribution is 5.87. The highest BCUT2D eigenvalue weighted by Gasteiger charge is 2.08. The summed E-state index contributed by atoms with van der Waals surface area (Å²) < 4.78 is 5.28. The Morgan fingerprint density at radius 3 is 2.78 bits per heavy atom. The highest BCUT2D eigenvalue weighted by Crippen LogP contribution is 2.25. The molecule has 0 saturated carbocycles. The molecular formula is C16H19NO. The Labute approximate surface area is 108 Å². The van der Waals surface area contributed by atoms with E-state index in [2.05, 4.69) is 36.9 Å². The van der Waals surface area contributed by atoms with E-state index in [1.165, 1.54) is 16.3 Å². The van der Waals surface area contributed by atoms with E-state index in [1.807, 2.05) is 13.0 Å². The predicted octanol–water partition coefficient (Wildman–Crippen LogP) is 3.29. The molecule has 0 fully saturated rings. The maximum atomic E-state index is 6.08. The number of hydrogen-bond acceptors (Lipinski definition) is 2. The average Bonchev–Trinajstić information content (AvgIpc) is 2.38. The second kappa shape index (κ2) is 5.23. The molecule has 2 aromatic carbocycles. The summed E-state index contributed by atoms with van der Waals surface area (Å²) in [6.07, 6.45) is 0.805. The zero-order valence-corrected chi connectivity index (χ0v) is 10.9. The number of benzene rings is 2. The molecule has 0 bridgehead atoms. The number of methoxy groups -OCH3 is 1. The maximum Gasteiger partial charge on any atom is 0.119 e. The zero-order chi connectivity index (χ0) is 13.1. The Kier molecular flexibility index (Phi) is 3.68. The van der Waals surface area contributed by atoms with E-state index < -0.39 is 0 Å². The van der Waals surface area contributed by atoms with Gasteiger partial charge in [-0.1, -0.05) is 36.4 Å². The number of nitrogens with two attached hydrogens (primary N) is 1. The van der Waals surface area contributed by atoms with Gasteiger partial charge in [0.2, 0.25) is 0 Å². The van der Waals surface area contributed by atoms with Crippen molar-refractivity contribution in [3.8, 4) is 5.75 Å². The minimum Gasteiger partial charge on any atom is -0.497 e. The molecule has 1 atom stereocenters. The second-order valence-electron chi connectivity index (χ2n) is 4.66. The molecule has 0 saturated heterocycles. The molecule has 94 valence electrons. The van der Waals surface area contributed by atoms with Crippen LogP contribution < -0.4 is 10.5 Å². The molecule has 18 heavy (non-hydrogen) atoms. The molecule has 2 N–H and O–H groups in total. The van der Waals surface area contributed by atoms with Crippen molar-refractivity contribution in [3.63, 3.8) is 0 Å². The number of rotatable bonds is 4. The molecular weight excluding hydrogens is 222 g/mol. The Balaban J connectivity index is 2.46. The first-order valence-electron chi connectivity index (χ1n) is 6.08. The molecule has 1 unspecified atom stereocenters. The Morgan fingerprint density at radius 2 is 2.11 bits per heavy atom. The van der Waals surface area contributed by atoms with E-state index in [4.69, 9.17) is 10.5 Å². The van der Waals surface area contributed by atoms with Crippen molar-refractivity contribution in [3.05, 3.63) is 54.1 Å². The normalized spacial score (nSPS) is 12.4. The molecule has 0 aliphatic heterocycles. The molecule has 0 aliphatic carbocycles. The van der Waals surface area contributed by atoms with E-state index in [0.29, 0.717) is 0 Å². The summed E-state index contributed by atoms with van der Waals surface area (Å²) in [5.74, 6) is 0.874. The van der Waals surface area contributed by atoms with Crippen LogP contribution in [0.4, 0.5) is 0 Å². The summed E-state index contributed by atoms with van der Waals surface area (Å²) in [5.41, 5.74) is 8.33. The molecule has 2 rings (SSSR count). The molecule has 0 radical (unpaired) electrons. The summed E-state index contributed by atoms with van der Waals surface area (Å²) in [5, 5.41) is 2.41. The zero-order valence-electron chi connectivity index (χ0n) is 10.9. The standard InChI is InChI=1S/C16H19NO/c1-11(2)16(17)9-13-6-4-5-12-7-8-14(18-3)10-15(12)13/h4-8,10,16H,1,9,17H2,2-3H3. The lowest BCUT2D eigenvalue weighted by molar-refractivity contribution is 0.415. The molecule has 0 heterocycles. The van der Waals surface area contributed by atoms with Crippen molar-refractivity contribution in [1.29, 1.82) is 0 Å². The van der Waals surface area contributed by atoms with E-state index in [1.54, 1.807) is 7.11 Å². The van der Waals surface area contributed by atoms with Crippen LogP contribution in [0, 0.1) is 0 Å². The summed E-state index contributed by atoms with van der Waals surface area (Å²) in [6.45, 7) is 5.88. The summed E-state index contributed by atoms with van der Waals surface area (Å²) in [7, 11) is 1.68. The number of ether oxygens (including phenoxy) is 1.